The predicted octanol–water partition coefficient (Wildman–Crippen LogP) is 3.52. The van der Waals surface area contributed by atoms with Gasteiger partial charge >= 0.3 is 0 Å². The summed E-state index contributed by atoms with van der Waals surface area (Å²) in [7, 11) is 0. The number of ether oxygens (including phenoxy) is 1. The lowest BCUT2D eigenvalue weighted by atomic mass is 10.1. The summed E-state index contributed by atoms with van der Waals surface area (Å²) in [5, 5.41) is 1.81. The molecule has 1 aromatic carbocycles. The van der Waals surface area contributed by atoms with Gasteiger partial charge in [0.2, 0.25) is 5.91 Å². The maximum absolute atomic E-state index is 13.3. The van der Waals surface area contributed by atoms with Crippen LogP contribution in [0.1, 0.15) is 28.6 Å². The molecule has 3 aromatic rings. The summed E-state index contributed by atoms with van der Waals surface area (Å²) in [5.74, 6) is -0.371. The van der Waals surface area contributed by atoms with Gasteiger partial charge in [-0.25, -0.2) is 4.90 Å². The number of pyridine rings is 1. The minimum Gasteiger partial charge on any atom is -0.494 e. The number of anilines is 1. The average molecular weight is 436 g/mol. The van der Waals surface area contributed by atoms with Crippen molar-refractivity contribution >= 4 is 34.7 Å². The van der Waals surface area contributed by atoms with Crippen molar-refractivity contribution in [3.63, 3.8) is 0 Å². The number of rotatable bonds is 7. The standard InChI is InChI=1S/C23H21N3O4S/c1-2-30-18-9-7-17(8-10-18)26-21(27)13-19(22(26)28)25(15-16-5-3-11-24-14-16)23(29)20-6-4-12-31-20/h3-12,14,19H,2,13,15H2,1H3. The molecule has 0 N–H and O–H groups in total. The molecule has 2 aromatic heterocycles. The highest BCUT2D eigenvalue weighted by Crippen LogP contribution is 2.29. The Morgan fingerprint density at radius 2 is 2.00 bits per heavy atom. The highest BCUT2D eigenvalue weighted by Gasteiger charge is 2.44. The van der Waals surface area contributed by atoms with E-state index in [-0.39, 0.29) is 24.8 Å². The fraction of sp³-hybridized carbons (Fsp3) is 0.217. The van der Waals surface area contributed by atoms with E-state index in [1.54, 1.807) is 54.9 Å². The van der Waals surface area contributed by atoms with Crippen LogP contribution in [-0.4, -0.2) is 40.3 Å². The maximum atomic E-state index is 13.3. The van der Waals surface area contributed by atoms with Gasteiger partial charge in [-0.15, -0.1) is 11.3 Å². The van der Waals surface area contributed by atoms with Gasteiger partial charge in [0.25, 0.3) is 11.8 Å². The lowest BCUT2D eigenvalue weighted by Crippen LogP contribution is -2.45. The first-order valence-corrected chi connectivity index (χ1v) is 10.8. The van der Waals surface area contributed by atoms with E-state index >= 15 is 0 Å². The number of nitrogens with zero attached hydrogens (tertiary/aromatic N) is 3. The zero-order valence-corrected chi connectivity index (χ0v) is 17.7. The van der Waals surface area contributed by atoms with Gasteiger partial charge in [0, 0.05) is 18.9 Å². The summed E-state index contributed by atoms with van der Waals surface area (Å²) in [6, 6.07) is 13.0. The Labute approximate surface area is 183 Å². The molecule has 1 saturated heterocycles. The Kier molecular flexibility index (Phi) is 6.08. The normalized spacial score (nSPS) is 15.9. The first-order valence-electron chi connectivity index (χ1n) is 9.91. The molecule has 1 aliphatic rings. The number of aromatic nitrogens is 1. The van der Waals surface area contributed by atoms with Crippen LogP contribution >= 0.6 is 11.3 Å². The third-order valence-electron chi connectivity index (χ3n) is 4.97. The first-order chi connectivity index (χ1) is 15.1. The fourth-order valence-electron chi connectivity index (χ4n) is 3.54. The molecular weight excluding hydrogens is 414 g/mol. The summed E-state index contributed by atoms with van der Waals surface area (Å²) in [6.45, 7) is 2.59. The molecule has 1 aliphatic heterocycles. The molecular formula is C23H21N3O4S. The van der Waals surface area contributed by atoms with E-state index in [0.717, 1.165) is 10.5 Å². The molecule has 4 rings (SSSR count). The molecule has 0 saturated carbocycles. The van der Waals surface area contributed by atoms with Crippen molar-refractivity contribution in [1.82, 2.24) is 9.88 Å². The SMILES string of the molecule is CCOc1ccc(N2C(=O)CC(N(Cc3cccnc3)C(=O)c3cccs3)C2=O)cc1. The van der Waals surface area contributed by atoms with Crippen LogP contribution in [0.25, 0.3) is 0 Å². The summed E-state index contributed by atoms with van der Waals surface area (Å²) >= 11 is 1.30. The Morgan fingerprint density at radius 1 is 1.19 bits per heavy atom. The molecule has 158 valence electrons. The molecule has 7 nitrogen and oxygen atoms in total. The van der Waals surface area contributed by atoms with Crippen LogP contribution in [0.3, 0.4) is 0 Å². The number of carbonyl (C=O) groups is 3. The van der Waals surface area contributed by atoms with Gasteiger partial charge in [-0.3, -0.25) is 19.4 Å². The van der Waals surface area contributed by atoms with Gasteiger partial charge in [0.15, 0.2) is 0 Å². The summed E-state index contributed by atoms with van der Waals surface area (Å²) in [6.07, 6.45) is 3.23. The number of benzene rings is 1. The predicted molar refractivity (Wildman–Crippen MR) is 117 cm³/mol. The fourth-order valence-corrected chi connectivity index (χ4v) is 4.22. The van der Waals surface area contributed by atoms with Crippen molar-refractivity contribution in [2.75, 3.05) is 11.5 Å². The number of hydrogen-bond donors (Lipinski definition) is 0. The van der Waals surface area contributed by atoms with Crippen LogP contribution in [0, 0.1) is 0 Å². The third kappa shape index (κ3) is 4.34. The molecule has 3 amide bonds. The van der Waals surface area contributed by atoms with E-state index in [1.807, 2.05) is 18.4 Å². The molecule has 0 aliphatic carbocycles. The second-order valence-corrected chi connectivity index (χ2v) is 7.93. The van der Waals surface area contributed by atoms with E-state index in [9.17, 15) is 14.4 Å². The smallest absolute Gasteiger partial charge is 0.264 e. The van der Waals surface area contributed by atoms with Gasteiger partial charge in [-0.2, -0.15) is 0 Å². The van der Waals surface area contributed by atoms with Gasteiger partial charge in [-0.05, 0) is 54.3 Å². The van der Waals surface area contributed by atoms with E-state index in [2.05, 4.69) is 4.98 Å². The molecule has 1 unspecified atom stereocenters. The van der Waals surface area contributed by atoms with Gasteiger partial charge < -0.3 is 9.64 Å². The van der Waals surface area contributed by atoms with E-state index in [0.29, 0.717) is 22.9 Å². The molecule has 1 fully saturated rings. The topological polar surface area (TPSA) is 79.8 Å². The van der Waals surface area contributed by atoms with Crippen molar-refractivity contribution in [2.24, 2.45) is 0 Å². The number of carbonyl (C=O) groups excluding carboxylic acids is 3. The number of thiophene rings is 1. The maximum Gasteiger partial charge on any atom is 0.264 e. The largest absolute Gasteiger partial charge is 0.494 e. The second kappa shape index (κ2) is 9.09. The van der Waals surface area contributed by atoms with Crippen LogP contribution in [-0.2, 0) is 16.1 Å². The Balaban J connectivity index is 1.62. The van der Waals surface area contributed by atoms with Crippen LogP contribution in [0.5, 0.6) is 5.75 Å². The zero-order valence-electron chi connectivity index (χ0n) is 16.9. The van der Waals surface area contributed by atoms with Crippen LogP contribution in [0.15, 0.2) is 66.3 Å². The highest BCUT2D eigenvalue weighted by atomic mass is 32.1. The lowest BCUT2D eigenvalue weighted by molar-refractivity contribution is -0.122. The number of amides is 3. The Morgan fingerprint density at radius 3 is 2.65 bits per heavy atom. The van der Waals surface area contributed by atoms with Crippen molar-refractivity contribution < 1.29 is 19.1 Å². The van der Waals surface area contributed by atoms with Crippen LogP contribution < -0.4 is 9.64 Å². The van der Waals surface area contributed by atoms with Gasteiger partial charge in [0.1, 0.15) is 11.8 Å². The minimum atomic E-state index is -0.881. The van der Waals surface area contributed by atoms with Crippen molar-refractivity contribution in [1.29, 1.82) is 0 Å². The van der Waals surface area contributed by atoms with Crippen LogP contribution in [0.2, 0.25) is 0 Å². The lowest BCUT2D eigenvalue weighted by Gasteiger charge is -2.27. The Hall–Kier alpha value is -3.52. The van der Waals surface area contributed by atoms with Gasteiger partial charge in [-0.1, -0.05) is 12.1 Å². The zero-order chi connectivity index (χ0) is 21.8. The van der Waals surface area contributed by atoms with Crippen LogP contribution in [0.4, 0.5) is 5.69 Å². The molecule has 31 heavy (non-hydrogen) atoms. The van der Waals surface area contributed by atoms with Gasteiger partial charge in [0.05, 0.1) is 23.6 Å². The van der Waals surface area contributed by atoms with Crippen molar-refractivity contribution in [3.8, 4) is 5.75 Å². The summed E-state index contributed by atoms with van der Waals surface area (Å²) < 4.78 is 5.43. The van der Waals surface area contributed by atoms with Crippen molar-refractivity contribution in [3.05, 3.63) is 76.7 Å². The van der Waals surface area contributed by atoms with E-state index in [1.165, 1.54) is 16.2 Å². The van der Waals surface area contributed by atoms with E-state index in [4.69, 9.17) is 4.74 Å². The molecule has 0 spiro atoms. The molecule has 3 heterocycles. The first kappa shape index (κ1) is 20.7. The van der Waals surface area contributed by atoms with Crippen molar-refractivity contribution in [2.45, 2.75) is 25.9 Å². The Bertz CT molecular complexity index is 1070. The second-order valence-electron chi connectivity index (χ2n) is 6.99. The quantitative estimate of drug-likeness (QED) is 0.531. The molecule has 1 atom stereocenters. The average Bonchev–Trinajstić information content (AvgIpc) is 3.42. The number of imide groups is 1. The summed E-state index contributed by atoms with van der Waals surface area (Å²) in [4.78, 5) is 46.6. The molecule has 0 bridgehead atoms. The monoisotopic (exact) mass is 435 g/mol. The number of hydrogen-bond acceptors (Lipinski definition) is 6. The minimum absolute atomic E-state index is 0.0660. The third-order valence-corrected chi connectivity index (χ3v) is 5.83. The molecule has 8 heteroatoms. The van der Waals surface area contributed by atoms with E-state index < -0.39 is 11.9 Å². The molecule has 0 radical (unpaired) electrons. The summed E-state index contributed by atoms with van der Waals surface area (Å²) in [5.41, 5.74) is 1.25. The highest BCUT2D eigenvalue weighted by molar-refractivity contribution is 7.12.